The molecule has 0 aromatic heterocycles. The van der Waals surface area contributed by atoms with Crippen LogP contribution >= 0.6 is 0 Å². The Hall–Kier alpha value is -1.30. The first-order chi connectivity index (χ1) is 11.8. The molecule has 0 fully saturated rings. The van der Waals surface area contributed by atoms with Crippen molar-refractivity contribution in [1.29, 1.82) is 0 Å². The van der Waals surface area contributed by atoms with Gasteiger partial charge in [-0.2, -0.15) is 13.2 Å². The molecule has 26 heavy (non-hydrogen) atoms. The lowest BCUT2D eigenvalue weighted by Gasteiger charge is -2.18. The number of rotatable bonds is 4. The Kier molecular flexibility index (Phi) is 6.78. The Morgan fingerprint density at radius 2 is 1.81 bits per heavy atom. The van der Waals surface area contributed by atoms with Crippen molar-refractivity contribution < 1.29 is 45.7 Å². The zero-order valence-electron chi connectivity index (χ0n) is 13.9. The average molecular weight is 406 g/mol. The number of halogens is 5. The van der Waals surface area contributed by atoms with Gasteiger partial charge < -0.3 is 15.3 Å². The van der Waals surface area contributed by atoms with E-state index in [2.05, 4.69) is 0 Å². The van der Waals surface area contributed by atoms with E-state index in [1.807, 2.05) is 13.8 Å². The van der Waals surface area contributed by atoms with E-state index in [-0.39, 0.29) is 12.0 Å². The Bertz CT molecular complexity index is 746. The van der Waals surface area contributed by atoms with Gasteiger partial charge in [-0.3, -0.25) is 0 Å². The topological polar surface area (TPSA) is 94.8 Å². The van der Waals surface area contributed by atoms with Crippen LogP contribution in [0, 0.1) is 0 Å². The van der Waals surface area contributed by atoms with Gasteiger partial charge in [-0.05, 0) is 17.2 Å². The van der Waals surface area contributed by atoms with Crippen molar-refractivity contribution in [2.24, 2.45) is 0 Å². The minimum atomic E-state index is -5.94. The number of fused-ring (bicyclic) bond motifs is 1. The highest BCUT2D eigenvalue weighted by molar-refractivity contribution is 7.92. The summed E-state index contributed by atoms with van der Waals surface area (Å²) in [7, 11) is -5.94. The van der Waals surface area contributed by atoms with Gasteiger partial charge >= 0.3 is 5.51 Å². The van der Waals surface area contributed by atoms with Crippen LogP contribution in [0.1, 0.15) is 36.6 Å². The third-order valence-electron chi connectivity index (χ3n) is 3.76. The molecular weight excluding hydrogens is 387 g/mol. The van der Waals surface area contributed by atoms with Crippen molar-refractivity contribution in [1.82, 2.24) is 0 Å². The molecular formula is C15H19F5O5S. The number of hydrogen-bond donors (Lipinski definition) is 3. The molecule has 0 spiro atoms. The molecule has 11 heteroatoms. The molecule has 0 saturated heterocycles. The second kappa shape index (κ2) is 7.75. The van der Waals surface area contributed by atoms with Gasteiger partial charge in [-0.1, -0.05) is 19.9 Å². The lowest BCUT2D eigenvalue weighted by Crippen LogP contribution is -2.26. The third-order valence-corrected chi connectivity index (χ3v) is 5.31. The summed E-state index contributed by atoms with van der Waals surface area (Å²) in [5.74, 6) is -3.85. The summed E-state index contributed by atoms with van der Waals surface area (Å²) < 4.78 is 88.9. The molecule has 1 aromatic rings. The van der Waals surface area contributed by atoms with E-state index in [1.54, 1.807) is 0 Å². The molecule has 2 unspecified atom stereocenters. The number of aliphatic hydroxyl groups excluding tert-OH is 3. The van der Waals surface area contributed by atoms with Gasteiger partial charge in [0, 0.05) is 18.4 Å². The fraction of sp³-hybridized carbons (Fsp3) is 0.600. The van der Waals surface area contributed by atoms with E-state index in [0.717, 1.165) is 6.07 Å². The lowest BCUT2D eigenvalue weighted by atomic mass is 9.98. The first-order valence-corrected chi connectivity index (χ1v) is 9.12. The smallest absolute Gasteiger partial charge is 0.394 e. The van der Waals surface area contributed by atoms with Crippen LogP contribution in [-0.4, -0.2) is 47.9 Å². The van der Waals surface area contributed by atoms with Crippen LogP contribution in [0.15, 0.2) is 17.0 Å². The van der Waals surface area contributed by atoms with E-state index < -0.39 is 62.5 Å². The van der Waals surface area contributed by atoms with Crippen LogP contribution in [0.25, 0.3) is 0 Å². The predicted octanol–water partition coefficient (Wildman–Crippen LogP) is 2.13. The third kappa shape index (κ3) is 4.00. The average Bonchev–Trinajstić information content (AvgIpc) is 2.79. The van der Waals surface area contributed by atoms with Crippen LogP contribution in [0.5, 0.6) is 0 Å². The summed E-state index contributed by atoms with van der Waals surface area (Å²) in [6.45, 7) is 3.27. The number of alkyl halides is 5. The normalized spacial score (nSPS) is 20.2. The number of aliphatic hydroxyl groups is 3. The van der Waals surface area contributed by atoms with Crippen molar-refractivity contribution in [3.05, 3.63) is 28.8 Å². The molecule has 1 aliphatic carbocycles. The highest BCUT2D eigenvalue weighted by atomic mass is 32.2. The molecule has 0 aliphatic heterocycles. The van der Waals surface area contributed by atoms with E-state index in [4.69, 9.17) is 5.11 Å². The molecule has 0 saturated carbocycles. The van der Waals surface area contributed by atoms with Gasteiger partial charge in [0.05, 0.1) is 17.6 Å². The minimum Gasteiger partial charge on any atom is -0.394 e. The maximum atomic E-state index is 13.8. The predicted molar refractivity (Wildman–Crippen MR) is 81.4 cm³/mol. The van der Waals surface area contributed by atoms with Crippen molar-refractivity contribution in [3.63, 3.8) is 0 Å². The summed E-state index contributed by atoms with van der Waals surface area (Å²) in [5, 5.41) is 27.8. The van der Waals surface area contributed by atoms with Gasteiger partial charge in [-0.25, -0.2) is 17.2 Å². The molecule has 2 atom stereocenters. The summed E-state index contributed by atoms with van der Waals surface area (Å²) in [4.78, 5) is -1.43. The lowest BCUT2D eigenvalue weighted by molar-refractivity contribution is -0.0978. The number of sulfone groups is 1. The highest BCUT2D eigenvalue weighted by Crippen LogP contribution is 2.48. The molecule has 1 aliphatic rings. The van der Waals surface area contributed by atoms with Crippen LogP contribution in [-0.2, 0) is 22.7 Å². The molecule has 150 valence electrons. The Morgan fingerprint density at radius 1 is 1.27 bits per heavy atom. The maximum absolute atomic E-state index is 13.8. The molecule has 0 amide bonds. The van der Waals surface area contributed by atoms with E-state index >= 15 is 0 Å². The number of hydrogen-bond acceptors (Lipinski definition) is 5. The fourth-order valence-corrected chi connectivity index (χ4v) is 3.63. The summed E-state index contributed by atoms with van der Waals surface area (Å²) in [6, 6.07) is 1.34. The zero-order chi connectivity index (χ0) is 20.5. The molecule has 1 aromatic carbocycles. The first-order valence-electron chi connectivity index (χ1n) is 7.63. The number of benzene rings is 1. The SMILES string of the molecule is CC.O=S(=O)(c1ccc(CC(O)CO)c2c1C(O)C(F)(F)C2)C(F)(F)F. The molecule has 2 rings (SSSR count). The summed E-state index contributed by atoms with van der Waals surface area (Å²) in [6.07, 6.45) is -5.64. The fourth-order valence-electron chi connectivity index (χ4n) is 2.61. The second-order valence-electron chi connectivity index (χ2n) is 5.45. The van der Waals surface area contributed by atoms with Gasteiger partial charge in [0.15, 0.2) is 0 Å². The van der Waals surface area contributed by atoms with Crippen LogP contribution in [0.3, 0.4) is 0 Å². The molecule has 3 N–H and O–H groups in total. The van der Waals surface area contributed by atoms with Gasteiger partial charge in [-0.15, -0.1) is 0 Å². The zero-order valence-corrected chi connectivity index (χ0v) is 14.7. The van der Waals surface area contributed by atoms with E-state index in [9.17, 15) is 40.6 Å². The molecule has 5 nitrogen and oxygen atoms in total. The molecule has 0 heterocycles. The van der Waals surface area contributed by atoms with Crippen LogP contribution < -0.4 is 0 Å². The van der Waals surface area contributed by atoms with E-state index in [1.165, 1.54) is 0 Å². The highest BCUT2D eigenvalue weighted by Gasteiger charge is 2.54. The van der Waals surface area contributed by atoms with Crippen LogP contribution in [0.4, 0.5) is 22.0 Å². The second-order valence-corrected chi connectivity index (χ2v) is 7.35. The first kappa shape index (κ1) is 22.7. The van der Waals surface area contributed by atoms with Gasteiger partial charge in [0.1, 0.15) is 6.10 Å². The van der Waals surface area contributed by atoms with Crippen LogP contribution in [0.2, 0.25) is 0 Å². The summed E-state index contributed by atoms with van der Waals surface area (Å²) in [5.41, 5.74) is -7.26. The standard InChI is InChI=1S/C13H13F5O5S.C2H6/c14-12(15)4-8-6(3-7(20)5-19)1-2-9(10(8)11(12)21)24(22,23)13(16,17)18;1-2/h1-2,7,11,19-21H,3-5H2;1-2H3. The Labute approximate surface area is 147 Å². The van der Waals surface area contributed by atoms with Crippen molar-refractivity contribution in [3.8, 4) is 0 Å². The van der Waals surface area contributed by atoms with E-state index in [0.29, 0.717) is 6.07 Å². The van der Waals surface area contributed by atoms with Crippen molar-refractivity contribution in [2.75, 3.05) is 6.61 Å². The Morgan fingerprint density at radius 3 is 2.27 bits per heavy atom. The Balaban J connectivity index is 0.00000163. The minimum absolute atomic E-state index is 0.0658. The maximum Gasteiger partial charge on any atom is 0.501 e. The largest absolute Gasteiger partial charge is 0.501 e. The quantitative estimate of drug-likeness (QED) is 0.666. The summed E-state index contributed by atoms with van der Waals surface area (Å²) >= 11 is 0. The van der Waals surface area contributed by atoms with Crippen molar-refractivity contribution >= 4 is 9.84 Å². The van der Waals surface area contributed by atoms with Crippen molar-refractivity contribution in [2.45, 2.75) is 55.2 Å². The monoisotopic (exact) mass is 406 g/mol. The molecule has 0 radical (unpaired) electrons. The molecule has 0 bridgehead atoms. The van der Waals surface area contributed by atoms with Gasteiger partial charge in [0.25, 0.3) is 15.8 Å². The van der Waals surface area contributed by atoms with Gasteiger partial charge in [0.2, 0.25) is 0 Å².